The van der Waals surface area contributed by atoms with Crippen molar-refractivity contribution in [1.29, 1.82) is 0 Å². The second kappa shape index (κ2) is 9.53. The van der Waals surface area contributed by atoms with Crippen LogP contribution in [0.2, 0.25) is 0 Å². The number of hydrogen-bond acceptors (Lipinski definition) is 8. The Kier molecular flexibility index (Phi) is 6.69. The highest BCUT2D eigenvalue weighted by molar-refractivity contribution is 8.76. The lowest BCUT2D eigenvalue weighted by molar-refractivity contribution is -0.144. The van der Waals surface area contributed by atoms with E-state index in [0.717, 1.165) is 26.5 Å². The van der Waals surface area contributed by atoms with Crippen LogP contribution >= 0.6 is 21.6 Å². The lowest BCUT2D eigenvalue weighted by Gasteiger charge is -2.30. The highest BCUT2D eigenvalue weighted by atomic mass is 33.1. The van der Waals surface area contributed by atoms with Gasteiger partial charge in [-0.25, -0.2) is 9.59 Å². The van der Waals surface area contributed by atoms with E-state index >= 15 is 0 Å². The third-order valence-electron chi connectivity index (χ3n) is 5.70. The third-order valence-corrected chi connectivity index (χ3v) is 8.09. The van der Waals surface area contributed by atoms with Gasteiger partial charge in [0.1, 0.15) is 12.1 Å². The fourth-order valence-corrected chi connectivity index (χ4v) is 6.42. The SMILES string of the molecule is C=C1c2ccccc2C(O)N1[C@@H](CSSC[C@@H](C(=O)O)N1C(=O)c2ccccc2C1=O)C(=O)O. The Morgan fingerprint density at radius 3 is 1.82 bits per heavy atom. The van der Waals surface area contributed by atoms with Crippen LogP contribution in [-0.2, 0) is 9.59 Å². The van der Waals surface area contributed by atoms with E-state index in [-0.39, 0.29) is 22.6 Å². The number of hydrogen-bond donors (Lipinski definition) is 3. The first-order valence-electron chi connectivity index (χ1n) is 10.2. The minimum absolute atomic E-state index is 0.00146. The van der Waals surface area contributed by atoms with E-state index in [0.29, 0.717) is 16.8 Å². The van der Waals surface area contributed by atoms with Crippen LogP contribution in [-0.4, -0.2) is 72.5 Å². The minimum atomic E-state index is -1.41. The zero-order valence-corrected chi connectivity index (χ0v) is 19.3. The first-order chi connectivity index (χ1) is 16.2. The zero-order valence-electron chi connectivity index (χ0n) is 17.7. The van der Waals surface area contributed by atoms with E-state index in [4.69, 9.17) is 0 Å². The van der Waals surface area contributed by atoms with Gasteiger partial charge in [0, 0.05) is 28.3 Å². The molecule has 2 heterocycles. The monoisotopic (exact) mass is 500 g/mol. The van der Waals surface area contributed by atoms with Gasteiger partial charge in [0.05, 0.1) is 11.1 Å². The summed E-state index contributed by atoms with van der Waals surface area (Å²) >= 11 is 0. The van der Waals surface area contributed by atoms with Gasteiger partial charge in [-0.3, -0.25) is 14.5 Å². The number of benzene rings is 2. The molecule has 0 spiro atoms. The molecule has 3 atom stereocenters. The first kappa shape index (κ1) is 23.9. The van der Waals surface area contributed by atoms with Crippen LogP contribution in [0.25, 0.3) is 5.70 Å². The molecular weight excluding hydrogens is 480 g/mol. The average molecular weight is 501 g/mol. The number of carbonyl (C=O) groups excluding carboxylic acids is 2. The van der Waals surface area contributed by atoms with E-state index < -0.39 is 42.1 Å². The summed E-state index contributed by atoms with van der Waals surface area (Å²) in [6, 6.07) is 10.6. The Labute approximate surface area is 202 Å². The molecule has 0 bridgehead atoms. The predicted octanol–water partition coefficient (Wildman–Crippen LogP) is 2.55. The van der Waals surface area contributed by atoms with Gasteiger partial charge in [-0.15, -0.1) is 0 Å². The quantitative estimate of drug-likeness (QED) is 0.268. The molecule has 0 saturated carbocycles. The summed E-state index contributed by atoms with van der Waals surface area (Å²) in [5, 5.41) is 30.1. The maximum absolute atomic E-state index is 12.6. The number of aliphatic carboxylic acids is 2. The highest BCUT2D eigenvalue weighted by Gasteiger charge is 2.43. The van der Waals surface area contributed by atoms with Gasteiger partial charge < -0.3 is 20.2 Å². The van der Waals surface area contributed by atoms with Gasteiger partial charge in [0.2, 0.25) is 0 Å². The second-order valence-corrected chi connectivity index (χ2v) is 10.2. The highest BCUT2D eigenvalue weighted by Crippen LogP contribution is 2.41. The summed E-state index contributed by atoms with van der Waals surface area (Å²) in [6.45, 7) is 3.93. The van der Waals surface area contributed by atoms with Crippen LogP contribution < -0.4 is 0 Å². The maximum atomic E-state index is 12.6. The number of rotatable bonds is 9. The second-order valence-electron chi connectivity index (χ2n) is 7.62. The molecule has 0 aliphatic carbocycles. The largest absolute Gasteiger partial charge is 0.480 e. The Hall–Kier alpha value is -3.28. The van der Waals surface area contributed by atoms with Crippen molar-refractivity contribution < 1.29 is 34.5 Å². The first-order valence-corrected chi connectivity index (χ1v) is 12.6. The maximum Gasteiger partial charge on any atom is 0.327 e. The fourth-order valence-electron chi connectivity index (χ4n) is 4.02. The smallest absolute Gasteiger partial charge is 0.327 e. The molecule has 1 unspecified atom stereocenters. The Bertz CT molecular complexity index is 1170. The lowest BCUT2D eigenvalue weighted by atomic mass is 10.1. The van der Waals surface area contributed by atoms with Crippen LogP contribution in [0.5, 0.6) is 0 Å². The number of aliphatic hydroxyl groups excluding tert-OH is 1. The van der Waals surface area contributed by atoms with E-state index in [1.807, 2.05) is 0 Å². The number of nitrogens with zero attached hydrogens (tertiary/aromatic N) is 2. The van der Waals surface area contributed by atoms with Crippen molar-refractivity contribution >= 4 is 51.0 Å². The van der Waals surface area contributed by atoms with Crippen molar-refractivity contribution in [3.05, 3.63) is 77.4 Å². The normalized spacial score (nSPS) is 18.6. The van der Waals surface area contributed by atoms with Crippen molar-refractivity contribution in [1.82, 2.24) is 9.80 Å². The number of carbonyl (C=O) groups is 4. The molecule has 0 aromatic heterocycles. The summed E-state index contributed by atoms with van der Waals surface area (Å²) in [7, 11) is 2.12. The van der Waals surface area contributed by atoms with Gasteiger partial charge >= 0.3 is 11.9 Å². The van der Waals surface area contributed by atoms with E-state index in [1.54, 1.807) is 36.4 Å². The number of imide groups is 1. The molecule has 0 fully saturated rings. The predicted molar refractivity (Wildman–Crippen MR) is 127 cm³/mol. The molecule has 2 amide bonds. The Morgan fingerprint density at radius 1 is 0.853 bits per heavy atom. The number of aliphatic hydroxyl groups is 1. The minimum Gasteiger partial charge on any atom is -0.480 e. The van der Waals surface area contributed by atoms with E-state index in [9.17, 15) is 34.5 Å². The van der Waals surface area contributed by atoms with E-state index in [2.05, 4.69) is 6.58 Å². The van der Waals surface area contributed by atoms with Gasteiger partial charge in [-0.2, -0.15) is 0 Å². The van der Waals surface area contributed by atoms with Crippen molar-refractivity contribution in [2.45, 2.75) is 18.3 Å². The lowest BCUT2D eigenvalue weighted by Crippen LogP contribution is -2.46. The number of fused-ring (bicyclic) bond motifs is 2. The molecule has 3 N–H and O–H groups in total. The topological polar surface area (TPSA) is 135 Å². The number of amides is 2. The standard InChI is InChI=1S/C23H20N2O7S2/c1-12-13-6-2-3-7-14(13)19(26)24(12)17(22(29)30)10-33-34-11-18(23(31)32)25-20(27)15-8-4-5-9-16(15)21(25)28/h2-9,17-19,26H,1,10-11H2,(H,29,30)(H,31,32)/t17-,18-,19?/m0/s1. The molecule has 2 aliphatic rings. The number of carboxylic acids is 2. The van der Waals surface area contributed by atoms with Crippen LogP contribution in [0.4, 0.5) is 0 Å². The molecule has 4 rings (SSSR count). The van der Waals surface area contributed by atoms with Crippen LogP contribution in [0.1, 0.15) is 38.1 Å². The molecule has 2 aromatic rings. The molecule has 0 saturated heterocycles. The third kappa shape index (κ3) is 4.06. The van der Waals surface area contributed by atoms with Crippen molar-refractivity contribution in [3.8, 4) is 0 Å². The Balaban J connectivity index is 1.42. The molecule has 11 heteroatoms. The van der Waals surface area contributed by atoms with Gasteiger partial charge in [-0.1, -0.05) is 64.6 Å². The summed E-state index contributed by atoms with van der Waals surface area (Å²) in [5.74, 6) is -3.99. The van der Waals surface area contributed by atoms with E-state index in [1.165, 1.54) is 17.0 Å². The van der Waals surface area contributed by atoms with Crippen LogP contribution in [0.3, 0.4) is 0 Å². The van der Waals surface area contributed by atoms with Crippen molar-refractivity contribution in [2.24, 2.45) is 0 Å². The average Bonchev–Trinajstić information content (AvgIpc) is 3.21. The Morgan fingerprint density at radius 2 is 1.32 bits per heavy atom. The van der Waals surface area contributed by atoms with Crippen LogP contribution in [0.15, 0.2) is 55.1 Å². The molecule has 0 radical (unpaired) electrons. The molecule has 2 aromatic carbocycles. The number of carboxylic acid groups (broad SMARTS) is 2. The van der Waals surface area contributed by atoms with Crippen molar-refractivity contribution in [2.75, 3.05) is 11.5 Å². The summed E-state index contributed by atoms with van der Waals surface area (Å²) in [4.78, 5) is 51.2. The van der Waals surface area contributed by atoms with Gasteiger partial charge in [-0.05, 0) is 12.1 Å². The fraction of sp³-hybridized carbons (Fsp3) is 0.217. The van der Waals surface area contributed by atoms with Crippen molar-refractivity contribution in [3.63, 3.8) is 0 Å². The summed E-state index contributed by atoms with van der Waals surface area (Å²) in [5.41, 5.74) is 1.92. The molecule has 2 aliphatic heterocycles. The van der Waals surface area contributed by atoms with Gasteiger partial charge in [0.15, 0.2) is 6.23 Å². The molecule has 9 nitrogen and oxygen atoms in total. The zero-order chi connectivity index (χ0) is 24.6. The molecule has 34 heavy (non-hydrogen) atoms. The molecular formula is C23H20N2O7S2. The van der Waals surface area contributed by atoms with Gasteiger partial charge in [0.25, 0.3) is 11.8 Å². The summed E-state index contributed by atoms with van der Waals surface area (Å²) < 4.78 is 0. The molecule has 176 valence electrons. The summed E-state index contributed by atoms with van der Waals surface area (Å²) in [6.07, 6.45) is -1.17. The van der Waals surface area contributed by atoms with Crippen LogP contribution in [0, 0.1) is 0 Å².